The maximum atomic E-state index is 13.4. The van der Waals surface area contributed by atoms with Gasteiger partial charge in [-0.25, -0.2) is 18.7 Å². The first kappa shape index (κ1) is 11.6. The molecule has 3 nitrogen and oxygen atoms in total. The van der Waals surface area contributed by atoms with E-state index >= 15 is 0 Å². The van der Waals surface area contributed by atoms with E-state index in [-0.39, 0.29) is 12.0 Å². The van der Waals surface area contributed by atoms with Crippen LogP contribution in [0.1, 0.15) is 17.4 Å². The van der Waals surface area contributed by atoms with Gasteiger partial charge in [0.2, 0.25) is 0 Å². The Bertz CT molecular complexity index is 502. The van der Waals surface area contributed by atoms with Gasteiger partial charge in [0.15, 0.2) is 11.6 Å². The van der Waals surface area contributed by atoms with E-state index in [1.165, 1.54) is 12.1 Å². The highest BCUT2D eigenvalue weighted by atomic mass is 19.2. The lowest BCUT2D eigenvalue weighted by Gasteiger charge is -2.10. The van der Waals surface area contributed by atoms with Crippen molar-refractivity contribution in [1.82, 2.24) is 9.97 Å². The van der Waals surface area contributed by atoms with Gasteiger partial charge < -0.3 is 5.73 Å². The molecule has 1 atom stereocenters. The van der Waals surface area contributed by atoms with Gasteiger partial charge in [-0.1, -0.05) is 12.1 Å². The minimum atomic E-state index is -0.872. The standard InChI is InChI=1S/C12H11F2N3/c13-9-4-1-3-8(11(9)14)7-10(15)12-16-5-2-6-17-12/h1-6,10H,7,15H2. The molecule has 1 aromatic heterocycles. The molecule has 0 saturated heterocycles. The number of nitrogens with two attached hydrogens (primary N) is 1. The number of nitrogens with zero attached hydrogens (tertiary/aromatic N) is 2. The maximum Gasteiger partial charge on any atom is 0.162 e. The molecule has 0 spiro atoms. The Balaban J connectivity index is 2.19. The van der Waals surface area contributed by atoms with Crippen LogP contribution in [0.4, 0.5) is 8.78 Å². The summed E-state index contributed by atoms with van der Waals surface area (Å²) >= 11 is 0. The molecule has 0 bridgehead atoms. The first-order valence-electron chi connectivity index (χ1n) is 5.14. The molecule has 0 saturated carbocycles. The van der Waals surface area contributed by atoms with E-state index < -0.39 is 17.7 Å². The summed E-state index contributed by atoms with van der Waals surface area (Å²) in [5.41, 5.74) is 6.06. The molecule has 88 valence electrons. The number of hydrogen-bond acceptors (Lipinski definition) is 3. The molecule has 0 radical (unpaired) electrons. The summed E-state index contributed by atoms with van der Waals surface area (Å²) in [7, 11) is 0. The van der Waals surface area contributed by atoms with Crippen molar-refractivity contribution in [3.8, 4) is 0 Å². The summed E-state index contributed by atoms with van der Waals surface area (Å²) in [5.74, 6) is -1.32. The SMILES string of the molecule is NC(Cc1cccc(F)c1F)c1ncccn1. The van der Waals surface area contributed by atoms with Gasteiger partial charge in [-0.3, -0.25) is 0 Å². The van der Waals surface area contributed by atoms with Gasteiger partial charge in [-0.15, -0.1) is 0 Å². The van der Waals surface area contributed by atoms with Crippen LogP contribution in [-0.4, -0.2) is 9.97 Å². The van der Waals surface area contributed by atoms with E-state index in [2.05, 4.69) is 9.97 Å². The van der Waals surface area contributed by atoms with E-state index in [1.54, 1.807) is 18.5 Å². The van der Waals surface area contributed by atoms with Gasteiger partial charge in [-0.05, 0) is 24.1 Å². The molecule has 0 aliphatic rings. The zero-order valence-corrected chi connectivity index (χ0v) is 8.98. The van der Waals surface area contributed by atoms with Crippen LogP contribution in [0.5, 0.6) is 0 Å². The van der Waals surface area contributed by atoms with Crippen LogP contribution in [0.25, 0.3) is 0 Å². The van der Waals surface area contributed by atoms with E-state index in [1.807, 2.05) is 0 Å². The van der Waals surface area contributed by atoms with Crippen LogP contribution in [0.3, 0.4) is 0 Å². The summed E-state index contributed by atoms with van der Waals surface area (Å²) in [6, 6.07) is 5.14. The van der Waals surface area contributed by atoms with Crippen molar-refractivity contribution in [2.45, 2.75) is 12.5 Å². The van der Waals surface area contributed by atoms with Crippen LogP contribution in [-0.2, 0) is 6.42 Å². The van der Waals surface area contributed by atoms with Gasteiger partial charge in [0, 0.05) is 12.4 Å². The molecule has 0 aliphatic carbocycles. The van der Waals surface area contributed by atoms with Gasteiger partial charge >= 0.3 is 0 Å². The Morgan fingerprint density at radius 1 is 1.12 bits per heavy atom. The monoisotopic (exact) mass is 235 g/mol. The lowest BCUT2D eigenvalue weighted by Crippen LogP contribution is -2.17. The molecular weight excluding hydrogens is 224 g/mol. The molecule has 1 aromatic carbocycles. The largest absolute Gasteiger partial charge is 0.321 e. The van der Waals surface area contributed by atoms with Crippen molar-refractivity contribution >= 4 is 0 Å². The number of halogens is 2. The molecule has 1 unspecified atom stereocenters. The molecule has 0 amide bonds. The summed E-state index contributed by atoms with van der Waals surface area (Å²) in [5, 5.41) is 0. The third-order valence-corrected chi connectivity index (χ3v) is 2.39. The van der Waals surface area contributed by atoms with Crippen molar-refractivity contribution in [3.63, 3.8) is 0 Å². The first-order chi connectivity index (χ1) is 8.18. The van der Waals surface area contributed by atoms with Crippen LogP contribution >= 0.6 is 0 Å². The number of rotatable bonds is 3. The van der Waals surface area contributed by atoms with Gasteiger partial charge in [0.1, 0.15) is 5.82 Å². The maximum absolute atomic E-state index is 13.4. The second-order valence-electron chi connectivity index (χ2n) is 3.63. The van der Waals surface area contributed by atoms with E-state index in [0.29, 0.717) is 5.82 Å². The Kier molecular flexibility index (Phi) is 3.39. The van der Waals surface area contributed by atoms with Gasteiger partial charge in [0.05, 0.1) is 6.04 Å². The molecule has 0 aliphatic heterocycles. The smallest absolute Gasteiger partial charge is 0.162 e. The van der Waals surface area contributed by atoms with E-state index in [9.17, 15) is 8.78 Å². The van der Waals surface area contributed by atoms with Gasteiger partial charge in [-0.2, -0.15) is 0 Å². The third-order valence-electron chi connectivity index (χ3n) is 2.39. The topological polar surface area (TPSA) is 51.8 Å². The fourth-order valence-corrected chi connectivity index (χ4v) is 1.54. The van der Waals surface area contributed by atoms with Gasteiger partial charge in [0.25, 0.3) is 0 Å². The highest BCUT2D eigenvalue weighted by molar-refractivity contribution is 5.20. The highest BCUT2D eigenvalue weighted by Crippen LogP contribution is 2.17. The van der Waals surface area contributed by atoms with Crippen LogP contribution < -0.4 is 5.73 Å². The molecule has 5 heteroatoms. The number of hydrogen-bond donors (Lipinski definition) is 1. The van der Waals surface area contributed by atoms with Crippen molar-refractivity contribution in [2.24, 2.45) is 5.73 Å². The van der Waals surface area contributed by atoms with Crippen molar-refractivity contribution in [2.75, 3.05) is 0 Å². The third kappa shape index (κ3) is 2.62. The lowest BCUT2D eigenvalue weighted by atomic mass is 10.1. The minimum Gasteiger partial charge on any atom is -0.321 e. The molecule has 2 rings (SSSR count). The number of aromatic nitrogens is 2. The predicted octanol–water partition coefficient (Wildman–Crippen LogP) is 2.00. The van der Waals surface area contributed by atoms with Crippen LogP contribution in [0.15, 0.2) is 36.7 Å². The Hall–Kier alpha value is -1.88. The second-order valence-corrected chi connectivity index (χ2v) is 3.63. The summed E-state index contributed by atoms with van der Waals surface area (Å²) in [6.45, 7) is 0. The minimum absolute atomic E-state index is 0.160. The normalized spacial score (nSPS) is 12.4. The lowest BCUT2D eigenvalue weighted by molar-refractivity contribution is 0.492. The molecule has 0 fully saturated rings. The Morgan fingerprint density at radius 3 is 2.53 bits per heavy atom. The summed E-state index contributed by atoms with van der Waals surface area (Å²) in [6.07, 6.45) is 3.28. The molecular formula is C12H11F2N3. The average Bonchev–Trinajstić information content (AvgIpc) is 2.36. The first-order valence-corrected chi connectivity index (χ1v) is 5.14. The number of benzene rings is 1. The van der Waals surface area contributed by atoms with Crippen molar-refractivity contribution in [1.29, 1.82) is 0 Å². The fraction of sp³-hybridized carbons (Fsp3) is 0.167. The molecule has 1 heterocycles. The van der Waals surface area contributed by atoms with Crippen molar-refractivity contribution in [3.05, 3.63) is 59.7 Å². The Morgan fingerprint density at radius 2 is 1.82 bits per heavy atom. The molecule has 2 N–H and O–H groups in total. The molecule has 2 aromatic rings. The van der Waals surface area contributed by atoms with Crippen molar-refractivity contribution < 1.29 is 8.78 Å². The zero-order chi connectivity index (χ0) is 12.3. The molecule has 17 heavy (non-hydrogen) atoms. The zero-order valence-electron chi connectivity index (χ0n) is 8.98. The summed E-state index contributed by atoms with van der Waals surface area (Å²) < 4.78 is 26.4. The van der Waals surface area contributed by atoms with Crippen LogP contribution in [0.2, 0.25) is 0 Å². The van der Waals surface area contributed by atoms with E-state index in [0.717, 1.165) is 6.07 Å². The van der Waals surface area contributed by atoms with E-state index in [4.69, 9.17) is 5.73 Å². The van der Waals surface area contributed by atoms with Crippen LogP contribution in [0, 0.1) is 11.6 Å². The second kappa shape index (κ2) is 4.97. The Labute approximate surface area is 97.3 Å². The average molecular weight is 235 g/mol. The highest BCUT2D eigenvalue weighted by Gasteiger charge is 2.14. The fourth-order valence-electron chi connectivity index (χ4n) is 1.54. The quantitative estimate of drug-likeness (QED) is 0.885. The summed E-state index contributed by atoms with van der Waals surface area (Å²) in [4.78, 5) is 7.95. The predicted molar refractivity (Wildman–Crippen MR) is 59.0 cm³/mol.